The maximum absolute atomic E-state index is 12.3. The normalized spacial score (nSPS) is 22.3. The summed E-state index contributed by atoms with van der Waals surface area (Å²) in [6.07, 6.45) is 8.20. The Bertz CT molecular complexity index is 779. The van der Waals surface area contributed by atoms with E-state index in [1.165, 1.54) is 38.4 Å². The molecular formula is C22H28N2O2S. The van der Waals surface area contributed by atoms with Crippen LogP contribution in [-0.2, 0) is 23.5 Å². The molecule has 0 radical (unpaired) electrons. The zero-order valence-corrected chi connectivity index (χ0v) is 16.8. The van der Waals surface area contributed by atoms with Gasteiger partial charge in [-0.25, -0.2) is 4.79 Å². The highest BCUT2D eigenvalue weighted by molar-refractivity contribution is 7.99. The first kappa shape index (κ1) is 18.6. The van der Waals surface area contributed by atoms with E-state index in [-0.39, 0.29) is 5.97 Å². The highest BCUT2D eigenvalue weighted by Crippen LogP contribution is 2.38. The monoisotopic (exact) mass is 384 g/mol. The molecule has 0 bridgehead atoms. The molecule has 0 saturated heterocycles. The molecule has 5 heteroatoms. The summed E-state index contributed by atoms with van der Waals surface area (Å²) in [4.78, 5) is 12.3. The number of methoxy groups -OCH3 is 1. The lowest BCUT2D eigenvalue weighted by Crippen LogP contribution is -2.15. The first-order chi connectivity index (χ1) is 13.3. The number of fused-ring (bicyclic) bond motifs is 1. The molecule has 0 spiro atoms. The smallest absolute Gasteiger partial charge is 0.341 e. The Morgan fingerprint density at radius 2 is 1.96 bits per heavy atom. The number of aromatic nitrogens is 2. The Morgan fingerprint density at radius 1 is 1.19 bits per heavy atom. The van der Waals surface area contributed by atoms with Gasteiger partial charge in [0.25, 0.3) is 0 Å². The quantitative estimate of drug-likeness (QED) is 0.683. The van der Waals surface area contributed by atoms with Gasteiger partial charge < -0.3 is 4.74 Å². The SMILES string of the molecule is COC(=O)c1c(CSC2CCC(c3ccccc3)CC2)nn2c1CCCC2. The third-order valence-corrected chi connectivity index (χ3v) is 7.34. The minimum absolute atomic E-state index is 0.221. The molecule has 1 aliphatic carbocycles. The van der Waals surface area contributed by atoms with Crippen LogP contribution in [0.15, 0.2) is 30.3 Å². The van der Waals surface area contributed by atoms with Crippen molar-refractivity contribution in [3.8, 4) is 0 Å². The molecule has 0 N–H and O–H groups in total. The maximum atomic E-state index is 12.3. The van der Waals surface area contributed by atoms with Crippen LogP contribution in [0, 0.1) is 0 Å². The molecule has 1 saturated carbocycles. The van der Waals surface area contributed by atoms with Gasteiger partial charge in [0.15, 0.2) is 0 Å². The molecule has 4 rings (SSSR count). The number of rotatable bonds is 5. The van der Waals surface area contributed by atoms with E-state index < -0.39 is 0 Å². The van der Waals surface area contributed by atoms with Crippen molar-refractivity contribution >= 4 is 17.7 Å². The number of hydrogen-bond donors (Lipinski definition) is 0. The summed E-state index contributed by atoms with van der Waals surface area (Å²) >= 11 is 1.97. The van der Waals surface area contributed by atoms with Crippen molar-refractivity contribution in [2.75, 3.05) is 7.11 Å². The summed E-state index contributed by atoms with van der Waals surface area (Å²) in [5.41, 5.74) is 4.23. The second-order valence-electron chi connectivity index (χ2n) is 7.64. The van der Waals surface area contributed by atoms with Crippen molar-refractivity contribution in [2.24, 2.45) is 0 Å². The van der Waals surface area contributed by atoms with Gasteiger partial charge in [-0.15, -0.1) is 0 Å². The fourth-order valence-corrected chi connectivity index (χ4v) is 5.67. The van der Waals surface area contributed by atoms with Gasteiger partial charge >= 0.3 is 5.97 Å². The minimum Gasteiger partial charge on any atom is -0.465 e. The topological polar surface area (TPSA) is 44.1 Å². The zero-order chi connectivity index (χ0) is 18.6. The van der Waals surface area contributed by atoms with Crippen LogP contribution >= 0.6 is 11.8 Å². The van der Waals surface area contributed by atoms with Crippen molar-refractivity contribution in [1.82, 2.24) is 9.78 Å². The van der Waals surface area contributed by atoms with Gasteiger partial charge in [0.1, 0.15) is 5.56 Å². The third kappa shape index (κ3) is 4.08. The van der Waals surface area contributed by atoms with Gasteiger partial charge in [0, 0.05) is 17.5 Å². The van der Waals surface area contributed by atoms with E-state index in [1.54, 1.807) is 0 Å². The molecule has 0 unspecified atom stereocenters. The average molecular weight is 385 g/mol. The van der Waals surface area contributed by atoms with E-state index in [1.807, 2.05) is 16.4 Å². The van der Waals surface area contributed by atoms with E-state index >= 15 is 0 Å². The van der Waals surface area contributed by atoms with E-state index in [0.717, 1.165) is 48.5 Å². The lowest BCUT2D eigenvalue weighted by atomic mass is 9.84. The number of ether oxygens (including phenoxy) is 1. The molecule has 4 nitrogen and oxygen atoms in total. The fourth-order valence-electron chi connectivity index (χ4n) is 4.47. The summed E-state index contributed by atoms with van der Waals surface area (Å²) in [7, 11) is 1.47. The van der Waals surface area contributed by atoms with E-state index in [2.05, 4.69) is 30.3 Å². The Kier molecular flexibility index (Phi) is 5.86. The average Bonchev–Trinajstić information content (AvgIpc) is 3.11. The Morgan fingerprint density at radius 3 is 2.70 bits per heavy atom. The molecule has 27 heavy (non-hydrogen) atoms. The molecule has 0 atom stereocenters. The van der Waals surface area contributed by atoms with Gasteiger partial charge in [-0.2, -0.15) is 16.9 Å². The number of esters is 1. The van der Waals surface area contributed by atoms with Crippen molar-refractivity contribution in [1.29, 1.82) is 0 Å². The van der Waals surface area contributed by atoms with Crippen molar-refractivity contribution in [2.45, 2.75) is 68.4 Å². The third-order valence-electron chi connectivity index (χ3n) is 5.95. The van der Waals surface area contributed by atoms with E-state index in [9.17, 15) is 4.79 Å². The molecular weight excluding hydrogens is 356 g/mol. The summed E-state index contributed by atoms with van der Waals surface area (Å²) < 4.78 is 7.09. The molecule has 1 fully saturated rings. The lowest BCUT2D eigenvalue weighted by Gasteiger charge is -2.28. The first-order valence-corrected chi connectivity index (χ1v) is 11.1. The number of nitrogens with zero attached hydrogens (tertiary/aromatic N) is 2. The first-order valence-electron chi connectivity index (χ1n) is 10.1. The van der Waals surface area contributed by atoms with Gasteiger partial charge in [-0.05, 0) is 56.4 Å². The molecule has 2 aromatic rings. The molecule has 1 aromatic heterocycles. The highest BCUT2D eigenvalue weighted by Gasteiger charge is 2.28. The predicted molar refractivity (Wildman–Crippen MR) is 109 cm³/mol. The summed E-state index contributed by atoms with van der Waals surface area (Å²) in [6.45, 7) is 0.923. The maximum Gasteiger partial charge on any atom is 0.341 e. The number of benzene rings is 1. The van der Waals surface area contributed by atoms with Gasteiger partial charge in [-0.3, -0.25) is 4.68 Å². The minimum atomic E-state index is -0.221. The molecule has 2 aliphatic rings. The van der Waals surface area contributed by atoms with Crippen LogP contribution in [0.2, 0.25) is 0 Å². The molecule has 2 heterocycles. The predicted octanol–water partition coefficient (Wildman–Crippen LogP) is 4.97. The molecule has 1 aromatic carbocycles. The zero-order valence-electron chi connectivity index (χ0n) is 16.0. The second kappa shape index (κ2) is 8.51. The number of hydrogen-bond acceptors (Lipinski definition) is 4. The standard InChI is InChI=1S/C22H28N2O2S/c1-26-22(25)21-19(23-24-14-6-5-9-20(21)24)15-27-18-12-10-17(11-13-18)16-7-3-2-4-8-16/h2-4,7-8,17-18H,5-6,9-15H2,1H3. The van der Waals surface area contributed by atoms with Crippen LogP contribution in [-0.4, -0.2) is 28.1 Å². The summed E-state index contributed by atoms with van der Waals surface area (Å²) in [5, 5.41) is 5.42. The van der Waals surface area contributed by atoms with E-state index in [0.29, 0.717) is 11.2 Å². The summed E-state index contributed by atoms with van der Waals surface area (Å²) in [5.74, 6) is 1.29. The fraction of sp³-hybridized carbons (Fsp3) is 0.545. The van der Waals surface area contributed by atoms with Gasteiger partial charge in [-0.1, -0.05) is 30.3 Å². The molecule has 0 amide bonds. The van der Waals surface area contributed by atoms with Crippen LogP contribution in [0.25, 0.3) is 0 Å². The van der Waals surface area contributed by atoms with Crippen LogP contribution in [0.3, 0.4) is 0 Å². The van der Waals surface area contributed by atoms with Crippen LogP contribution in [0.5, 0.6) is 0 Å². The van der Waals surface area contributed by atoms with Crippen molar-refractivity contribution in [3.05, 3.63) is 52.8 Å². The Balaban J connectivity index is 1.38. The lowest BCUT2D eigenvalue weighted by molar-refractivity contribution is 0.0598. The Hall–Kier alpha value is -1.75. The molecule has 144 valence electrons. The van der Waals surface area contributed by atoms with Crippen LogP contribution in [0.4, 0.5) is 0 Å². The summed E-state index contributed by atoms with van der Waals surface area (Å²) in [6, 6.07) is 10.9. The molecule has 1 aliphatic heterocycles. The number of thioether (sulfide) groups is 1. The number of carbonyl (C=O) groups excluding carboxylic acids is 1. The van der Waals surface area contributed by atoms with Crippen LogP contribution in [0.1, 0.15) is 71.8 Å². The van der Waals surface area contributed by atoms with Crippen molar-refractivity contribution in [3.63, 3.8) is 0 Å². The van der Waals surface area contributed by atoms with Crippen molar-refractivity contribution < 1.29 is 9.53 Å². The largest absolute Gasteiger partial charge is 0.465 e. The number of carbonyl (C=O) groups is 1. The second-order valence-corrected chi connectivity index (χ2v) is 8.92. The van der Waals surface area contributed by atoms with E-state index in [4.69, 9.17) is 9.84 Å². The Labute approximate surface area is 165 Å². The van der Waals surface area contributed by atoms with Gasteiger partial charge in [0.2, 0.25) is 0 Å². The number of aryl methyl sites for hydroxylation is 1. The highest BCUT2D eigenvalue weighted by atomic mass is 32.2. The van der Waals surface area contributed by atoms with Gasteiger partial charge in [0.05, 0.1) is 18.5 Å². The van der Waals surface area contributed by atoms with Crippen LogP contribution < -0.4 is 0 Å².